The fraction of sp³-hybridized carbons (Fsp3) is 0.375. The van der Waals surface area contributed by atoms with Gasteiger partial charge in [0, 0.05) is 19.8 Å². The first-order chi connectivity index (χ1) is 10.5. The summed E-state index contributed by atoms with van der Waals surface area (Å²) in [4.78, 5) is 14.4. The van der Waals surface area contributed by atoms with Gasteiger partial charge in [0.1, 0.15) is 5.82 Å². The molecule has 1 aliphatic heterocycles. The minimum atomic E-state index is -0.573. The number of aliphatic hydroxyl groups excluding tert-OH is 1. The number of β-amino-alcohol motifs (C(OH)–C–C–N with tert-alkyl or cyclic N) is 1. The number of hydrogen-bond acceptors (Lipinski definition) is 3. The first-order valence-corrected chi connectivity index (χ1v) is 7.20. The van der Waals surface area contributed by atoms with Crippen LogP contribution in [-0.4, -0.2) is 38.3 Å². The van der Waals surface area contributed by atoms with Gasteiger partial charge in [-0.05, 0) is 31.0 Å². The summed E-state index contributed by atoms with van der Waals surface area (Å²) in [5, 5.41) is 14.2. The van der Waals surface area contributed by atoms with Gasteiger partial charge in [0.25, 0.3) is 5.91 Å². The van der Waals surface area contributed by atoms with Crippen LogP contribution < -0.4 is 0 Å². The zero-order valence-electron chi connectivity index (χ0n) is 12.5. The van der Waals surface area contributed by atoms with Crippen molar-refractivity contribution in [1.82, 2.24) is 14.7 Å². The first-order valence-electron chi connectivity index (χ1n) is 7.20. The lowest BCUT2D eigenvalue weighted by atomic mass is 10.0. The van der Waals surface area contributed by atoms with Crippen LogP contribution >= 0.6 is 0 Å². The molecule has 22 heavy (non-hydrogen) atoms. The third-order valence-corrected chi connectivity index (χ3v) is 4.04. The number of nitrogens with zero attached hydrogens (tertiary/aromatic N) is 3. The van der Waals surface area contributed by atoms with Crippen LogP contribution in [0.1, 0.15) is 34.1 Å². The summed E-state index contributed by atoms with van der Waals surface area (Å²) in [6.45, 7) is 2.06. The summed E-state index contributed by atoms with van der Waals surface area (Å²) in [5.41, 5.74) is 2.02. The lowest BCUT2D eigenvalue weighted by Gasteiger charge is -2.24. The number of carbonyl (C=O) groups is 1. The van der Waals surface area contributed by atoms with E-state index in [-0.39, 0.29) is 24.3 Å². The molecule has 1 aromatic carbocycles. The second-order valence-corrected chi connectivity index (χ2v) is 5.72. The van der Waals surface area contributed by atoms with Gasteiger partial charge < -0.3 is 10.0 Å². The quantitative estimate of drug-likeness (QED) is 0.920. The number of hydrogen-bond donors (Lipinski definition) is 1. The Morgan fingerprint density at radius 1 is 1.36 bits per heavy atom. The number of halogens is 1. The highest BCUT2D eigenvalue weighted by Gasteiger charge is 2.36. The number of benzene rings is 1. The molecule has 1 saturated heterocycles. The number of aromatic nitrogens is 2. The average Bonchev–Trinajstić information content (AvgIpc) is 3.01. The minimum absolute atomic E-state index is 0.156. The first kappa shape index (κ1) is 14.7. The van der Waals surface area contributed by atoms with E-state index < -0.39 is 6.10 Å². The molecular formula is C16H18FN3O2. The van der Waals surface area contributed by atoms with Gasteiger partial charge in [0.15, 0.2) is 0 Å². The highest BCUT2D eigenvalue weighted by Crippen LogP contribution is 2.33. The molecule has 3 rings (SSSR count). The topological polar surface area (TPSA) is 58.4 Å². The lowest BCUT2D eigenvalue weighted by Crippen LogP contribution is -2.32. The van der Waals surface area contributed by atoms with Gasteiger partial charge in [-0.1, -0.05) is 12.1 Å². The van der Waals surface area contributed by atoms with Crippen molar-refractivity contribution < 1.29 is 14.3 Å². The largest absolute Gasteiger partial charge is 0.391 e. The van der Waals surface area contributed by atoms with Gasteiger partial charge in [0.05, 0.1) is 23.4 Å². The van der Waals surface area contributed by atoms with E-state index in [9.17, 15) is 14.3 Å². The molecule has 2 aromatic rings. The zero-order valence-corrected chi connectivity index (χ0v) is 12.5. The Morgan fingerprint density at radius 2 is 2.05 bits per heavy atom. The summed E-state index contributed by atoms with van der Waals surface area (Å²) < 4.78 is 14.7. The van der Waals surface area contributed by atoms with Crippen LogP contribution in [0, 0.1) is 12.7 Å². The molecule has 0 spiro atoms. The number of amides is 1. The maximum absolute atomic E-state index is 13.1. The Bertz CT molecular complexity index is 696. The van der Waals surface area contributed by atoms with Crippen molar-refractivity contribution in [2.75, 3.05) is 6.54 Å². The number of aryl methyl sites for hydroxylation is 2. The molecule has 0 radical (unpaired) electrons. The number of likely N-dealkylation sites (tertiary alicyclic amines) is 1. The molecule has 1 amide bonds. The zero-order chi connectivity index (χ0) is 15.9. The molecule has 2 heterocycles. The maximum atomic E-state index is 13.1. The molecule has 0 bridgehead atoms. The molecule has 2 unspecified atom stereocenters. The third kappa shape index (κ3) is 2.62. The van der Waals surface area contributed by atoms with Crippen molar-refractivity contribution >= 4 is 5.91 Å². The van der Waals surface area contributed by atoms with E-state index >= 15 is 0 Å². The average molecular weight is 303 g/mol. The standard InChI is InChI=1S/C16H18FN3O2/c1-10-14(9-19(2)18-10)16(22)20-8-13(21)7-15(20)11-3-5-12(17)6-4-11/h3-6,9,13,15,21H,7-8H2,1-2H3. The van der Waals surface area contributed by atoms with Gasteiger partial charge in [-0.2, -0.15) is 5.10 Å². The van der Waals surface area contributed by atoms with Crippen LogP contribution in [0.25, 0.3) is 0 Å². The summed E-state index contributed by atoms with van der Waals surface area (Å²) in [6.07, 6.45) is 1.57. The third-order valence-electron chi connectivity index (χ3n) is 4.04. The Hall–Kier alpha value is -2.21. The summed E-state index contributed by atoms with van der Waals surface area (Å²) in [5.74, 6) is -0.472. The van der Waals surface area contributed by atoms with Crippen LogP contribution in [-0.2, 0) is 7.05 Å². The Balaban J connectivity index is 1.92. The van der Waals surface area contributed by atoms with Crippen LogP contribution in [0.4, 0.5) is 4.39 Å². The Kier molecular flexibility index (Phi) is 3.70. The highest BCUT2D eigenvalue weighted by molar-refractivity contribution is 5.95. The van der Waals surface area contributed by atoms with Crippen molar-refractivity contribution in [3.8, 4) is 0 Å². The van der Waals surface area contributed by atoms with Gasteiger partial charge in [-0.3, -0.25) is 9.48 Å². The van der Waals surface area contributed by atoms with E-state index in [0.717, 1.165) is 5.56 Å². The SMILES string of the molecule is Cc1nn(C)cc1C(=O)N1CC(O)CC1c1ccc(F)cc1. The molecule has 1 N–H and O–H groups in total. The minimum Gasteiger partial charge on any atom is -0.391 e. The molecule has 6 heteroatoms. The van der Waals surface area contributed by atoms with Crippen LogP contribution in [0.15, 0.2) is 30.5 Å². The molecule has 116 valence electrons. The predicted octanol–water partition coefficient (Wildman–Crippen LogP) is 1.82. The van der Waals surface area contributed by atoms with Crippen LogP contribution in [0.3, 0.4) is 0 Å². The van der Waals surface area contributed by atoms with E-state index in [1.165, 1.54) is 12.1 Å². The summed E-state index contributed by atoms with van der Waals surface area (Å²) >= 11 is 0. The second kappa shape index (κ2) is 5.53. The van der Waals surface area contributed by atoms with E-state index in [1.54, 1.807) is 41.9 Å². The van der Waals surface area contributed by atoms with Crippen LogP contribution in [0.2, 0.25) is 0 Å². The smallest absolute Gasteiger partial charge is 0.257 e. The monoisotopic (exact) mass is 303 g/mol. The highest BCUT2D eigenvalue weighted by atomic mass is 19.1. The van der Waals surface area contributed by atoms with E-state index in [4.69, 9.17) is 0 Å². The molecule has 1 aliphatic rings. The maximum Gasteiger partial charge on any atom is 0.257 e. The lowest BCUT2D eigenvalue weighted by molar-refractivity contribution is 0.0715. The molecule has 5 nitrogen and oxygen atoms in total. The van der Waals surface area contributed by atoms with Crippen LogP contribution in [0.5, 0.6) is 0 Å². The van der Waals surface area contributed by atoms with Crippen molar-refractivity contribution in [2.24, 2.45) is 7.05 Å². The molecule has 1 fully saturated rings. The van der Waals surface area contributed by atoms with Crippen molar-refractivity contribution in [2.45, 2.75) is 25.5 Å². The Labute approximate surface area is 128 Å². The normalized spacial score (nSPS) is 21.4. The number of rotatable bonds is 2. The van der Waals surface area contributed by atoms with Gasteiger partial charge in [-0.15, -0.1) is 0 Å². The van der Waals surface area contributed by atoms with E-state index in [0.29, 0.717) is 17.7 Å². The van der Waals surface area contributed by atoms with Gasteiger partial charge >= 0.3 is 0 Å². The fourth-order valence-electron chi connectivity index (χ4n) is 3.00. The molecule has 1 aromatic heterocycles. The second-order valence-electron chi connectivity index (χ2n) is 5.72. The summed E-state index contributed by atoms with van der Waals surface area (Å²) in [6, 6.07) is 5.82. The predicted molar refractivity (Wildman–Crippen MR) is 78.7 cm³/mol. The number of carbonyl (C=O) groups excluding carboxylic acids is 1. The van der Waals surface area contributed by atoms with Crippen molar-refractivity contribution in [3.63, 3.8) is 0 Å². The van der Waals surface area contributed by atoms with Crippen molar-refractivity contribution in [1.29, 1.82) is 0 Å². The van der Waals surface area contributed by atoms with Crippen molar-refractivity contribution in [3.05, 3.63) is 53.1 Å². The van der Waals surface area contributed by atoms with E-state index in [1.807, 2.05) is 0 Å². The number of aliphatic hydroxyl groups is 1. The fourth-order valence-corrected chi connectivity index (χ4v) is 3.00. The van der Waals surface area contributed by atoms with Gasteiger partial charge in [0.2, 0.25) is 0 Å². The molecule has 0 aliphatic carbocycles. The molecular weight excluding hydrogens is 285 g/mol. The van der Waals surface area contributed by atoms with Gasteiger partial charge in [-0.25, -0.2) is 4.39 Å². The Morgan fingerprint density at radius 3 is 2.64 bits per heavy atom. The summed E-state index contributed by atoms with van der Waals surface area (Å²) in [7, 11) is 1.76. The van der Waals surface area contributed by atoms with E-state index in [2.05, 4.69) is 5.10 Å². The molecule has 2 atom stereocenters. The molecule has 0 saturated carbocycles.